The van der Waals surface area contributed by atoms with E-state index in [0.29, 0.717) is 30.1 Å². The lowest BCUT2D eigenvalue weighted by Crippen LogP contribution is -2.31. The van der Waals surface area contributed by atoms with E-state index >= 15 is 0 Å². The highest BCUT2D eigenvalue weighted by Gasteiger charge is 2.25. The van der Waals surface area contributed by atoms with Crippen LogP contribution < -0.4 is 0 Å². The van der Waals surface area contributed by atoms with Gasteiger partial charge in [0.2, 0.25) is 10.0 Å². The number of nitrogens with zero attached hydrogens (tertiary/aromatic N) is 2. The molecule has 0 radical (unpaired) electrons. The van der Waals surface area contributed by atoms with Gasteiger partial charge in [-0.25, -0.2) is 13.2 Å². The lowest BCUT2D eigenvalue weighted by Gasteiger charge is -2.20. The Morgan fingerprint density at radius 3 is 2.44 bits per heavy atom. The van der Waals surface area contributed by atoms with E-state index < -0.39 is 16.0 Å². The lowest BCUT2D eigenvalue weighted by molar-refractivity contribution is 0.0437. The summed E-state index contributed by atoms with van der Waals surface area (Å²) in [6.45, 7) is 7.66. The van der Waals surface area contributed by atoms with Crippen molar-refractivity contribution in [2.24, 2.45) is 0 Å². The fraction of sp³-hybridized carbons (Fsp3) is 0.412. The number of carbonyl (C=O) groups is 1. The van der Waals surface area contributed by atoms with Crippen LogP contribution >= 0.6 is 0 Å². The van der Waals surface area contributed by atoms with Crippen molar-refractivity contribution in [2.45, 2.75) is 39.2 Å². The smallest absolute Gasteiger partial charge is 0.338 e. The zero-order valence-electron chi connectivity index (χ0n) is 14.8. The minimum absolute atomic E-state index is 0.0638. The van der Waals surface area contributed by atoms with Crippen molar-refractivity contribution in [2.75, 3.05) is 13.1 Å². The van der Waals surface area contributed by atoms with Crippen molar-refractivity contribution in [3.05, 3.63) is 46.8 Å². The Hall–Kier alpha value is -2.19. The van der Waals surface area contributed by atoms with E-state index in [9.17, 15) is 13.2 Å². The first-order chi connectivity index (χ1) is 11.8. The Kier molecular flexibility index (Phi) is 5.97. The second kappa shape index (κ2) is 7.79. The van der Waals surface area contributed by atoms with Crippen LogP contribution in [0.15, 0.2) is 33.7 Å². The molecule has 1 heterocycles. The summed E-state index contributed by atoms with van der Waals surface area (Å²) in [7, 11) is -3.65. The number of hydrogen-bond donors (Lipinski definition) is 0. The molecule has 0 bridgehead atoms. The molecule has 7 nitrogen and oxygen atoms in total. The summed E-state index contributed by atoms with van der Waals surface area (Å²) < 4.78 is 36.9. The second-order valence-electron chi connectivity index (χ2n) is 5.58. The van der Waals surface area contributed by atoms with Crippen molar-refractivity contribution >= 4 is 16.0 Å². The van der Waals surface area contributed by atoms with Gasteiger partial charge in [-0.2, -0.15) is 4.31 Å². The molecule has 25 heavy (non-hydrogen) atoms. The average Bonchev–Trinajstić information content (AvgIpc) is 2.99. The highest BCUT2D eigenvalue weighted by atomic mass is 32.2. The molecule has 2 rings (SSSR count). The van der Waals surface area contributed by atoms with Crippen molar-refractivity contribution in [1.82, 2.24) is 9.46 Å². The highest BCUT2D eigenvalue weighted by molar-refractivity contribution is 7.89. The molecule has 0 atom stereocenters. The number of rotatable bonds is 7. The van der Waals surface area contributed by atoms with Crippen LogP contribution in [0.2, 0.25) is 0 Å². The van der Waals surface area contributed by atoms with Crippen LogP contribution in [0.1, 0.15) is 41.2 Å². The first-order valence-corrected chi connectivity index (χ1v) is 9.43. The zero-order chi connectivity index (χ0) is 18.6. The van der Waals surface area contributed by atoms with Crippen molar-refractivity contribution in [3.8, 4) is 0 Å². The van der Waals surface area contributed by atoms with Crippen LogP contribution in [-0.4, -0.2) is 36.9 Å². The summed E-state index contributed by atoms with van der Waals surface area (Å²) in [6, 6.07) is 6.17. The SMILES string of the molecule is CCN(CC)S(=O)(=O)c1cc(C(=O)OCc2cc(C)no2)ccc1C. The summed E-state index contributed by atoms with van der Waals surface area (Å²) in [5.74, 6) is -0.195. The number of aromatic nitrogens is 1. The number of ether oxygens (including phenoxy) is 1. The predicted octanol–water partition coefficient (Wildman–Crippen LogP) is 2.68. The van der Waals surface area contributed by atoms with E-state index in [-0.39, 0.29) is 17.1 Å². The van der Waals surface area contributed by atoms with E-state index in [4.69, 9.17) is 9.26 Å². The van der Waals surface area contributed by atoms with Gasteiger partial charge in [0.1, 0.15) is 0 Å². The molecule has 0 fully saturated rings. The molecule has 0 spiro atoms. The summed E-state index contributed by atoms with van der Waals surface area (Å²) in [5, 5.41) is 3.71. The number of benzene rings is 1. The lowest BCUT2D eigenvalue weighted by atomic mass is 10.1. The third-order valence-electron chi connectivity index (χ3n) is 3.77. The number of carbonyl (C=O) groups excluding carboxylic acids is 1. The maximum Gasteiger partial charge on any atom is 0.338 e. The molecule has 0 saturated carbocycles. The molecule has 0 amide bonds. The standard InChI is InChI=1S/C17H22N2O5S/c1-5-19(6-2)25(21,22)16-10-14(8-7-12(16)3)17(20)23-11-15-9-13(4)18-24-15/h7-10H,5-6,11H2,1-4H3. The Bertz CT molecular complexity index is 854. The number of aryl methyl sites for hydroxylation is 2. The van der Waals surface area contributed by atoms with Gasteiger partial charge in [-0.15, -0.1) is 0 Å². The molecule has 0 N–H and O–H groups in total. The molecule has 8 heteroatoms. The van der Waals surface area contributed by atoms with Crippen LogP contribution in [0.25, 0.3) is 0 Å². The van der Waals surface area contributed by atoms with E-state index in [2.05, 4.69) is 5.16 Å². The molecule has 0 saturated heterocycles. The minimum Gasteiger partial charge on any atom is -0.454 e. The summed E-state index contributed by atoms with van der Waals surface area (Å²) in [6.07, 6.45) is 0. The molecule has 136 valence electrons. The minimum atomic E-state index is -3.65. The third kappa shape index (κ3) is 4.26. The van der Waals surface area contributed by atoms with Gasteiger partial charge in [-0.1, -0.05) is 25.1 Å². The number of hydrogen-bond acceptors (Lipinski definition) is 6. The van der Waals surface area contributed by atoms with Crippen LogP contribution in [0.3, 0.4) is 0 Å². The monoisotopic (exact) mass is 366 g/mol. The predicted molar refractivity (Wildman–Crippen MR) is 91.6 cm³/mol. The van der Waals surface area contributed by atoms with Gasteiger partial charge in [0.15, 0.2) is 12.4 Å². The molecule has 0 aliphatic heterocycles. The van der Waals surface area contributed by atoms with Crippen molar-refractivity contribution < 1.29 is 22.5 Å². The quantitative estimate of drug-likeness (QED) is 0.700. The number of sulfonamides is 1. The Balaban J connectivity index is 2.24. The van der Waals surface area contributed by atoms with Gasteiger partial charge in [-0.05, 0) is 31.5 Å². The normalized spacial score (nSPS) is 11.7. The fourth-order valence-corrected chi connectivity index (χ4v) is 4.12. The van der Waals surface area contributed by atoms with E-state index in [1.54, 1.807) is 45.9 Å². The van der Waals surface area contributed by atoms with Crippen LogP contribution in [0.4, 0.5) is 0 Å². The molecular formula is C17H22N2O5S. The van der Waals surface area contributed by atoms with Crippen LogP contribution in [0.5, 0.6) is 0 Å². The fourth-order valence-electron chi connectivity index (χ4n) is 2.41. The van der Waals surface area contributed by atoms with Gasteiger partial charge in [-0.3, -0.25) is 0 Å². The summed E-state index contributed by atoms with van der Waals surface area (Å²) >= 11 is 0. The molecule has 0 unspecified atom stereocenters. The Morgan fingerprint density at radius 2 is 1.88 bits per heavy atom. The van der Waals surface area contributed by atoms with E-state index in [1.807, 2.05) is 0 Å². The zero-order valence-corrected chi connectivity index (χ0v) is 15.6. The highest BCUT2D eigenvalue weighted by Crippen LogP contribution is 2.22. The van der Waals surface area contributed by atoms with Crippen LogP contribution in [0, 0.1) is 13.8 Å². The van der Waals surface area contributed by atoms with Gasteiger partial charge >= 0.3 is 5.97 Å². The van der Waals surface area contributed by atoms with Gasteiger partial charge in [0, 0.05) is 19.2 Å². The molecular weight excluding hydrogens is 344 g/mol. The van der Waals surface area contributed by atoms with Crippen molar-refractivity contribution in [3.63, 3.8) is 0 Å². The van der Waals surface area contributed by atoms with Gasteiger partial charge in [0.05, 0.1) is 16.2 Å². The number of esters is 1. The van der Waals surface area contributed by atoms with Crippen molar-refractivity contribution in [1.29, 1.82) is 0 Å². The first-order valence-electron chi connectivity index (χ1n) is 7.99. The summed E-state index contributed by atoms with van der Waals surface area (Å²) in [4.78, 5) is 12.3. The second-order valence-corrected chi connectivity index (χ2v) is 7.49. The largest absolute Gasteiger partial charge is 0.454 e. The average molecular weight is 366 g/mol. The topological polar surface area (TPSA) is 89.7 Å². The van der Waals surface area contributed by atoms with Gasteiger partial charge in [0.25, 0.3) is 0 Å². The van der Waals surface area contributed by atoms with E-state index in [1.165, 1.54) is 10.4 Å². The first kappa shape index (κ1) is 19.1. The molecule has 0 aliphatic carbocycles. The Morgan fingerprint density at radius 1 is 1.20 bits per heavy atom. The van der Waals surface area contributed by atoms with Gasteiger partial charge < -0.3 is 9.26 Å². The Labute approximate surface area is 147 Å². The summed E-state index contributed by atoms with van der Waals surface area (Å²) in [5.41, 5.74) is 1.44. The maximum atomic E-state index is 12.7. The van der Waals surface area contributed by atoms with E-state index in [0.717, 1.165) is 0 Å². The molecule has 0 aliphatic rings. The molecule has 2 aromatic rings. The molecule has 1 aromatic carbocycles. The maximum absolute atomic E-state index is 12.7. The third-order valence-corrected chi connectivity index (χ3v) is 5.96. The van der Waals surface area contributed by atoms with Crippen LogP contribution in [-0.2, 0) is 21.4 Å². The molecule has 1 aromatic heterocycles.